The molecule has 1 heterocycles. The van der Waals surface area contributed by atoms with Gasteiger partial charge in [0, 0.05) is 0 Å². The predicted octanol–water partition coefficient (Wildman–Crippen LogP) is 1.33. The fourth-order valence-electron chi connectivity index (χ4n) is 1.90. The third kappa shape index (κ3) is 5.21. The molecular formula is C15H15N2O6S-. The monoisotopic (exact) mass is 351 g/mol. The van der Waals surface area contributed by atoms with Gasteiger partial charge < -0.3 is 13.7 Å². The van der Waals surface area contributed by atoms with E-state index in [1.807, 2.05) is 19.9 Å². The average molecular weight is 351 g/mol. The smallest absolute Gasteiger partial charge is 0.277 e. The highest BCUT2D eigenvalue weighted by Crippen LogP contribution is 2.16. The zero-order valence-electron chi connectivity index (χ0n) is 13.0. The quantitative estimate of drug-likeness (QED) is 0.476. The van der Waals surface area contributed by atoms with Crippen molar-refractivity contribution >= 4 is 22.2 Å². The van der Waals surface area contributed by atoms with E-state index in [0.29, 0.717) is 5.75 Å². The number of carbonyl (C=O) groups is 1. The van der Waals surface area contributed by atoms with Crippen molar-refractivity contribution in [3.8, 4) is 5.75 Å². The molecule has 24 heavy (non-hydrogen) atoms. The Morgan fingerprint density at radius 1 is 1.29 bits per heavy atom. The molecule has 0 fully saturated rings. The maximum absolute atomic E-state index is 11.6. The minimum Gasteiger partial charge on any atom is -0.742 e. The largest absolute Gasteiger partial charge is 0.742 e. The lowest BCUT2D eigenvalue weighted by molar-refractivity contribution is -0.123. The molecule has 0 saturated heterocycles. The molecule has 9 heteroatoms. The molecule has 128 valence electrons. The molecule has 0 saturated carbocycles. The number of hydrogen-bond acceptors (Lipinski definition) is 7. The van der Waals surface area contributed by atoms with Gasteiger partial charge in [-0.1, -0.05) is 6.07 Å². The molecular weight excluding hydrogens is 336 g/mol. The standard InChI is InChI=1S/C15H16N2O6S/c1-10-5-11(2)7-13(6-10)22-9-14(18)17-16-8-12-3-4-15(23-12)24(19,20)21/h3-8H,9H2,1-2H3,(H,17,18)(H,19,20,21)/p-1/b16-8-. The Hall–Kier alpha value is -2.65. The Labute approximate surface area is 138 Å². The molecule has 2 aromatic rings. The van der Waals surface area contributed by atoms with E-state index < -0.39 is 21.1 Å². The van der Waals surface area contributed by atoms with Gasteiger partial charge in [-0.15, -0.1) is 0 Å². The number of amides is 1. The average Bonchev–Trinajstić information content (AvgIpc) is 2.93. The zero-order chi connectivity index (χ0) is 17.7. The van der Waals surface area contributed by atoms with Crippen LogP contribution in [-0.4, -0.2) is 31.7 Å². The van der Waals surface area contributed by atoms with Gasteiger partial charge in [-0.2, -0.15) is 5.10 Å². The van der Waals surface area contributed by atoms with Crippen molar-refractivity contribution in [3.63, 3.8) is 0 Å². The number of rotatable bonds is 6. The number of nitrogens with one attached hydrogen (secondary N) is 1. The van der Waals surface area contributed by atoms with Crippen LogP contribution < -0.4 is 10.2 Å². The highest BCUT2D eigenvalue weighted by molar-refractivity contribution is 7.85. The molecule has 1 amide bonds. The topological polar surface area (TPSA) is 121 Å². The molecule has 0 spiro atoms. The molecule has 1 aromatic heterocycles. The molecule has 0 aliphatic heterocycles. The van der Waals surface area contributed by atoms with Gasteiger partial charge in [-0.25, -0.2) is 13.8 Å². The van der Waals surface area contributed by atoms with Crippen LogP contribution >= 0.6 is 0 Å². The van der Waals surface area contributed by atoms with Gasteiger partial charge in [-0.3, -0.25) is 4.79 Å². The second kappa shape index (κ2) is 7.28. The molecule has 0 unspecified atom stereocenters. The summed E-state index contributed by atoms with van der Waals surface area (Å²) in [6, 6.07) is 7.84. The summed E-state index contributed by atoms with van der Waals surface area (Å²) in [4.78, 5) is 11.6. The first-order valence-electron chi connectivity index (χ1n) is 6.83. The molecule has 0 radical (unpaired) electrons. The van der Waals surface area contributed by atoms with Crippen LogP contribution in [0.5, 0.6) is 5.75 Å². The molecule has 1 aromatic carbocycles. The predicted molar refractivity (Wildman–Crippen MR) is 83.8 cm³/mol. The number of ether oxygens (including phenoxy) is 1. The number of carbonyl (C=O) groups excluding carboxylic acids is 1. The van der Waals surface area contributed by atoms with Crippen LogP contribution in [0.15, 0.2) is 44.9 Å². The van der Waals surface area contributed by atoms with Crippen LogP contribution in [0.2, 0.25) is 0 Å². The van der Waals surface area contributed by atoms with E-state index in [2.05, 4.69) is 10.5 Å². The zero-order valence-corrected chi connectivity index (χ0v) is 13.8. The Morgan fingerprint density at radius 2 is 1.96 bits per heavy atom. The van der Waals surface area contributed by atoms with Gasteiger partial charge >= 0.3 is 0 Å². The van der Waals surface area contributed by atoms with Crippen LogP contribution in [0, 0.1) is 13.8 Å². The van der Waals surface area contributed by atoms with Gasteiger partial charge in [-0.05, 0) is 49.2 Å². The highest BCUT2D eigenvalue weighted by Gasteiger charge is 2.07. The Bertz CT molecular complexity index is 850. The Balaban J connectivity index is 1.85. The van der Waals surface area contributed by atoms with Crippen LogP contribution in [-0.2, 0) is 14.9 Å². The van der Waals surface area contributed by atoms with Crippen molar-refractivity contribution in [2.45, 2.75) is 18.9 Å². The maximum Gasteiger partial charge on any atom is 0.277 e. The summed E-state index contributed by atoms with van der Waals surface area (Å²) in [5, 5.41) is 2.87. The van der Waals surface area contributed by atoms with Gasteiger partial charge in [0.25, 0.3) is 5.91 Å². The van der Waals surface area contributed by atoms with Crippen molar-refractivity contribution < 1.29 is 26.9 Å². The number of hydrazone groups is 1. The summed E-state index contributed by atoms with van der Waals surface area (Å²) >= 11 is 0. The lowest BCUT2D eigenvalue weighted by atomic mass is 10.1. The minimum absolute atomic E-state index is 0.0138. The van der Waals surface area contributed by atoms with Gasteiger partial charge in [0.2, 0.25) is 5.09 Å². The molecule has 0 aliphatic rings. The highest BCUT2D eigenvalue weighted by atomic mass is 32.2. The lowest BCUT2D eigenvalue weighted by Crippen LogP contribution is -2.24. The first kappa shape index (κ1) is 17.7. The second-order valence-corrected chi connectivity index (χ2v) is 6.33. The molecule has 2 rings (SSSR count). The number of aryl methyl sites for hydroxylation is 2. The first-order valence-corrected chi connectivity index (χ1v) is 8.23. The molecule has 0 bridgehead atoms. The Morgan fingerprint density at radius 3 is 2.54 bits per heavy atom. The van der Waals surface area contributed by atoms with E-state index in [1.54, 1.807) is 12.1 Å². The number of benzene rings is 1. The number of nitrogens with zero attached hydrogens (tertiary/aromatic N) is 1. The fourth-order valence-corrected chi connectivity index (χ4v) is 2.34. The maximum atomic E-state index is 11.6. The third-order valence-electron chi connectivity index (χ3n) is 2.79. The van der Waals surface area contributed by atoms with E-state index >= 15 is 0 Å². The molecule has 1 N–H and O–H groups in total. The van der Waals surface area contributed by atoms with Gasteiger partial charge in [0.05, 0.1) is 6.21 Å². The van der Waals surface area contributed by atoms with E-state index in [4.69, 9.17) is 9.15 Å². The van der Waals surface area contributed by atoms with E-state index in [1.165, 1.54) is 6.07 Å². The summed E-state index contributed by atoms with van der Waals surface area (Å²) in [5.41, 5.74) is 4.23. The van der Waals surface area contributed by atoms with Crippen LogP contribution in [0.4, 0.5) is 0 Å². The molecule has 0 atom stereocenters. The second-order valence-electron chi connectivity index (χ2n) is 5.02. The number of hydrogen-bond donors (Lipinski definition) is 1. The van der Waals surface area contributed by atoms with Crippen molar-refractivity contribution in [1.29, 1.82) is 0 Å². The molecule has 8 nitrogen and oxygen atoms in total. The summed E-state index contributed by atoms with van der Waals surface area (Å²) in [5.74, 6) is 0.0801. The van der Waals surface area contributed by atoms with Gasteiger partial charge in [0.1, 0.15) is 11.5 Å². The third-order valence-corrected chi connectivity index (χ3v) is 3.51. The van der Waals surface area contributed by atoms with E-state index in [9.17, 15) is 17.8 Å². The Kier molecular flexibility index (Phi) is 5.37. The molecule has 0 aliphatic carbocycles. The SMILES string of the molecule is Cc1cc(C)cc(OCC(=O)N/N=C\c2ccc(S(=O)(=O)[O-])o2)c1. The van der Waals surface area contributed by atoms with Crippen LogP contribution in [0.25, 0.3) is 0 Å². The van der Waals surface area contributed by atoms with Crippen LogP contribution in [0.1, 0.15) is 16.9 Å². The minimum atomic E-state index is -4.66. The first-order chi connectivity index (χ1) is 11.2. The van der Waals surface area contributed by atoms with E-state index in [0.717, 1.165) is 23.4 Å². The van der Waals surface area contributed by atoms with Crippen molar-refractivity contribution in [1.82, 2.24) is 5.43 Å². The fraction of sp³-hybridized carbons (Fsp3) is 0.200. The normalized spacial score (nSPS) is 11.6. The summed E-state index contributed by atoms with van der Waals surface area (Å²) in [6.45, 7) is 3.60. The summed E-state index contributed by atoms with van der Waals surface area (Å²) in [6.07, 6.45) is 1.07. The lowest BCUT2D eigenvalue weighted by Gasteiger charge is -2.07. The van der Waals surface area contributed by atoms with Crippen LogP contribution in [0.3, 0.4) is 0 Å². The van der Waals surface area contributed by atoms with Gasteiger partial charge in [0.15, 0.2) is 16.7 Å². The number of furan rings is 1. The summed E-state index contributed by atoms with van der Waals surface area (Å²) in [7, 11) is -4.66. The summed E-state index contributed by atoms with van der Waals surface area (Å²) < 4.78 is 42.3. The van der Waals surface area contributed by atoms with Crippen molar-refractivity contribution in [3.05, 3.63) is 47.2 Å². The van der Waals surface area contributed by atoms with Crippen molar-refractivity contribution in [2.75, 3.05) is 6.61 Å². The van der Waals surface area contributed by atoms with Crippen molar-refractivity contribution in [2.24, 2.45) is 5.10 Å². The van der Waals surface area contributed by atoms with E-state index in [-0.39, 0.29) is 12.4 Å².